The van der Waals surface area contributed by atoms with Crippen molar-refractivity contribution in [1.82, 2.24) is 4.98 Å². The third-order valence-corrected chi connectivity index (χ3v) is 5.41. The lowest BCUT2D eigenvalue weighted by Gasteiger charge is -2.27. The van der Waals surface area contributed by atoms with Gasteiger partial charge in [0, 0.05) is 24.2 Å². The smallest absolute Gasteiger partial charge is 0.257 e. The molecule has 1 aliphatic carbocycles. The molecule has 0 saturated heterocycles. The highest BCUT2D eigenvalue weighted by atomic mass is 35.5. The minimum atomic E-state index is -0.396. The molecule has 1 aromatic heterocycles. The van der Waals surface area contributed by atoms with E-state index in [0.29, 0.717) is 11.4 Å². The molecule has 2 aromatic carbocycles. The van der Waals surface area contributed by atoms with Gasteiger partial charge >= 0.3 is 0 Å². The second kappa shape index (κ2) is 8.88. The van der Waals surface area contributed by atoms with Crippen LogP contribution in [0.3, 0.4) is 0 Å². The summed E-state index contributed by atoms with van der Waals surface area (Å²) in [7, 11) is 0. The van der Waals surface area contributed by atoms with Gasteiger partial charge in [0.1, 0.15) is 11.0 Å². The second-order valence-electron chi connectivity index (χ2n) is 6.87. The lowest BCUT2D eigenvalue weighted by Crippen LogP contribution is -2.18. The predicted octanol–water partition coefficient (Wildman–Crippen LogP) is 6.19. The van der Waals surface area contributed by atoms with Crippen LogP contribution in [0.5, 0.6) is 0 Å². The van der Waals surface area contributed by atoms with E-state index in [1.165, 1.54) is 24.4 Å². The van der Waals surface area contributed by atoms with Crippen molar-refractivity contribution in [2.45, 2.75) is 12.8 Å². The Labute approximate surface area is 188 Å². The van der Waals surface area contributed by atoms with Crippen LogP contribution in [0.15, 0.2) is 65.9 Å². The average Bonchev–Trinajstić information content (AvgIpc) is 2.77. The van der Waals surface area contributed by atoms with Gasteiger partial charge in [-0.15, -0.1) is 0 Å². The molecule has 0 unspecified atom stereocenters. The molecule has 4 rings (SSSR count). The minimum Gasteiger partial charge on any atom is -0.322 e. The van der Waals surface area contributed by atoms with E-state index in [-0.39, 0.29) is 21.6 Å². The van der Waals surface area contributed by atoms with Gasteiger partial charge in [0.2, 0.25) is 0 Å². The van der Waals surface area contributed by atoms with Crippen LogP contribution in [0.25, 0.3) is 5.70 Å². The van der Waals surface area contributed by atoms with E-state index in [1.807, 2.05) is 24.3 Å². The maximum absolute atomic E-state index is 13.4. The van der Waals surface area contributed by atoms with E-state index in [9.17, 15) is 9.18 Å². The highest BCUT2D eigenvalue weighted by molar-refractivity contribution is 6.35. The number of hydrogen-bond donors (Lipinski definition) is 1. The van der Waals surface area contributed by atoms with Crippen LogP contribution in [0.1, 0.15) is 27.9 Å². The van der Waals surface area contributed by atoms with Crippen molar-refractivity contribution in [3.63, 3.8) is 0 Å². The number of nitrogens with zero attached hydrogens (tertiary/aromatic N) is 3. The highest BCUT2D eigenvalue weighted by Gasteiger charge is 2.21. The van der Waals surface area contributed by atoms with Crippen LogP contribution < -0.4 is 10.3 Å². The molecular weight excluding hydrogens is 438 g/mol. The molecule has 0 radical (unpaired) electrons. The lowest BCUT2D eigenvalue weighted by atomic mass is 9.93. The van der Waals surface area contributed by atoms with E-state index >= 15 is 0 Å². The van der Waals surface area contributed by atoms with Gasteiger partial charge in [0.05, 0.1) is 22.0 Å². The summed E-state index contributed by atoms with van der Waals surface area (Å²) < 4.78 is 13.4. The standard InChI is InChI=1S/C23H17Cl2FN4O/c1-27-30(17-9-6-15(26)7-10-17)21-4-2-3-14-5-8-16(11-18(14)21)29-23(31)19-12-22(25)28-13-20(19)24/h4-13H,1-3H2,(H,29,31). The van der Waals surface area contributed by atoms with Crippen molar-refractivity contribution in [3.05, 3.63) is 93.5 Å². The molecule has 0 saturated carbocycles. The number of pyridine rings is 1. The van der Waals surface area contributed by atoms with Crippen LogP contribution in [0.4, 0.5) is 15.8 Å². The topological polar surface area (TPSA) is 57.6 Å². The quantitative estimate of drug-likeness (QED) is 0.284. The second-order valence-corrected chi connectivity index (χ2v) is 7.67. The Balaban J connectivity index is 1.66. The molecule has 156 valence electrons. The number of fused-ring (bicyclic) bond motifs is 1. The largest absolute Gasteiger partial charge is 0.322 e. The van der Waals surface area contributed by atoms with Crippen molar-refractivity contribution in [3.8, 4) is 0 Å². The molecule has 8 heteroatoms. The monoisotopic (exact) mass is 454 g/mol. The number of allylic oxidation sites excluding steroid dienone is 1. The number of nitrogens with one attached hydrogen (secondary N) is 1. The molecule has 0 spiro atoms. The van der Waals surface area contributed by atoms with Gasteiger partial charge in [-0.25, -0.2) is 14.4 Å². The van der Waals surface area contributed by atoms with Crippen LogP contribution in [-0.4, -0.2) is 17.6 Å². The molecule has 0 fully saturated rings. The van der Waals surface area contributed by atoms with Crippen LogP contribution >= 0.6 is 23.2 Å². The SMILES string of the molecule is C=NN(C1=CCCc2ccc(NC(=O)c3cc(Cl)ncc3Cl)cc21)c1ccc(F)cc1. The first-order valence-corrected chi connectivity index (χ1v) is 10.2. The molecule has 1 N–H and O–H groups in total. The van der Waals surface area contributed by atoms with Gasteiger partial charge in [-0.3, -0.25) is 4.79 Å². The molecule has 1 heterocycles. The number of halogens is 3. The summed E-state index contributed by atoms with van der Waals surface area (Å²) in [6.45, 7) is 3.67. The Morgan fingerprint density at radius 1 is 1.16 bits per heavy atom. The lowest BCUT2D eigenvalue weighted by molar-refractivity contribution is 0.102. The van der Waals surface area contributed by atoms with Crippen molar-refractivity contribution < 1.29 is 9.18 Å². The molecular formula is C23H17Cl2FN4O. The Hall–Kier alpha value is -3.22. The van der Waals surface area contributed by atoms with Crippen molar-refractivity contribution in [2.75, 3.05) is 10.3 Å². The summed E-state index contributed by atoms with van der Waals surface area (Å²) in [6, 6.07) is 13.1. The third kappa shape index (κ3) is 4.45. The summed E-state index contributed by atoms with van der Waals surface area (Å²) in [5, 5.41) is 9.03. The Kier molecular flexibility index (Phi) is 6.02. The Morgan fingerprint density at radius 3 is 2.68 bits per heavy atom. The Morgan fingerprint density at radius 2 is 1.94 bits per heavy atom. The maximum Gasteiger partial charge on any atom is 0.257 e. The van der Waals surface area contributed by atoms with Crippen molar-refractivity contribution in [2.24, 2.45) is 5.10 Å². The molecule has 1 aliphatic rings. The summed E-state index contributed by atoms with van der Waals surface area (Å²) >= 11 is 12.0. The number of hydrazone groups is 1. The Bertz CT molecular complexity index is 1190. The number of carbonyl (C=O) groups is 1. The molecule has 3 aromatic rings. The number of amides is 1. The summed E-state index contributed by atoms with van der Waals surface area (Å²) in [6.07, 6.45) is 5.06. The number of rotatable bonds is 5. The zero-order valence-corrected chi connectivity index (χ0v) is 17.8. The van der Waals surface area contributed by atoms with Gasteiger partial charge in [0.15, 0.2) is 0 Å². The van der Waals surface area contributed by atoms with Crippen molar-refractivity contribution in [1.29, 1.82) is 0 Å². The number of hydrogen-bond acceptors (Lipinski definition) is 4. The molecule has 31 heavy (non-hydrogen) atoms. The average molecular weight is 455 g/mol. The predicted molar refractivity (Wildman–Crippen MR) is 123 cm³/mol. The van der Waals surface area contributed by atoms with E-state index in [2.05, 4.69) is 22.1 Å². The van der Waals surface area contributed by atoms with E-state index in [1.54, 1.807) is 17.1 Å². The van der Waals surface area contributed by atoms with Crippen LogP contribution in [-0.2, 0) is 6.42 Å². The van der Waals surface area contributed by atoms with Crippen LogP contribution in [0, 0.1) is 5.82 Å². The van der Waals surface area contributed by atoms with Gasteiger partial charge < -0.3 is 5.32 Å². The molecule has 1 amide bonds. The summed E-state index contributed by atoms with van der Waals surface area (Å²) in [5.74, 6) is -0.724. The van der Waals surface area contributed by atoms with Gasteiger partial charge in [-0.05, 0) is 60.9 Å². The molecule has 0 aliphatic heterocycles. The zero-order valence-electron chi connectivity index (χ0n) is 16.3. The first-order chi connectivity index (χ1) is 15.0. The zero-order chi connectivity index (χ0) is 22.0. The number of carbonyl (C=O) groups excluding carboxylic acids is 1. The number of aromatic nitrogens is 1. The van der Waals surface area contributed by atoms with E-state index in [4.69, 9.17) is 23.2 Å². The minimum absolute atomic E-state index is 0.178. The summed E-state index contributed by atoms with van der Waals surface area (Å²) in [4.78, 5) is 16.6. The van der Waals surface area contributed by atoms with Crippen molar-refractivity contribution >= 4 is 52.9 Å². The first-order valence-electron chi connectivity index (χ1n) is 9.44. The number of benzene rings is 2. The number of aryl methyl sites for hydroxylation is 1. The molecule has 0 atom stereocenters. The van der Waals surface area contributed by atoms with E-state index in [0.717, 1.165) is 29.7 Å². The van der Waals surface area contributed by atoms with E-state index < -0.39 is 5.91 Å². The normalized spacial score (nSPS) is 12.5. The van der Waals surface area contributed by atoms with Crippen LogP contribution in [0.2, 0.25) is 10.2 Å². The highest BCUT2D eigenvalue weighted by Crippen LogP contribution is 2.34. The maximum atomic E-state index is 13.4. The third-order valence-electron chi connectivity index (χ3n) is 4.90. The fraction of sp³-hybridized carbons (Fsp3) is 0.0870. The summed E-state index contributed by atoms with van der Waals surface area (Å²) in [5.41, 5.74) is 4.32. The fourth-order valence-corrected chi connectivity index (χ4v) is 3.80. The molecule has 5 nitrogen and oxygen atoms in total. The first kappa shape index (κ1) is 21.0. The van der Waals surface area contributed by atoms with Gasteiger partial charge in [-0.1, -0.05) is 35.3 Å². The number of anilines is 2. The molecule has 0 bridgehead atoms. The fourth-order valence-electron chi connectivity index (χ4n) is 3.45. The van der Waals surface area contributed by atoms with Gasteiger partial charge in [-0.2, -0.15) is 5.10 Å². The van der Waals surface area contributed by atoms with Gasteiger partial charge in [0.25, 0.3) is 5.91 Å².